The Labute approximate surface area is 125 Å². The number of nitrogens with zero attached hydrogens (tertiary/aromatic N) is 3. The van der Waals surface area contributed by atoms with E-state index in [0.717, 1.165) is 0 Å². The highest BCUT2D eigenvalue weighted by molar-refractivity contribution is 6.10. The van der Waals surface area contributed by atoms with E-state index in [9.17, 15) is 9.59 Å². The van der Waals surface area contributed by atoms with Crippen molar-refractivity contribution >= 4 is 23.1 Å². The fourth-order valence-corrected chi connectivity index (χ4v) is 2.51. The first-order chi connectivity index (χ1) is 10.5. The zero-order valence-electron chi connectivity index (χ0n) is 12.0. The first-order valence-electron chi connectivity index (χ1n) is 6.68. The average Bonchev–Trinajstić information content (AvgIpc) is 2.92. The summed E-state index contributed by atoms with van der Waals surface area (Å²) in [5.74, 6) is -0.919. The largest absolute Gasteiger partial charge is 0.481 e. The number of methoxy groups -OCH3 is 1. The summed E-state index contributed by atoms with van der Waals surface area (Å²) in [5, 5.41) is 17.3. The van der Waals surface area contributed by atoms with Crippen LogP contribution >= 0.6 is 0 Å². The molecule has 8 nitrogen and oxygen atoms in total. The van der Waals surface area contributed by atoms with Crippen molar-refractivity contribution in [2.45, 2.75) is 13.3 Å². The summed E-state index contributed by atoms with van der Waals surface area (Å²) < 4.78 is 6.63. The molecule has 1 unspecified atom stereocenters. The Morgan fingerprint density at radius 3 is 2.91 bits per heavy atom. The molecule has 22 heavy (non-hydrogen) atoms. The van der Waals surface area contributed by atoms with Crippen LogP contribution in [-0.4, -0.2) is 39.4 Å². The van der Waals surface area contributed by atoms with Crippen LogP contribution in [0.2, 0.25) is 0 Å². The van der Waals surface area contributed by atoms with Crippen LogP contribution in [0.4, 0.5) is 0 Å². The lowest BCUT2D eigenvalue weighted by Crippen LogP contribution is -2.32. The lowest BCUT2D eigenvalue weighted by molar-refractivity contribution is -0.121. The van der Waals surface area contributed by atoms with Gasteiger partial charge in [0.25, 0.3) is 0 Å². The van der Waals surface area contributed by atoms with Crippen molar-refractivity contribution < 1.29 is 19.4 Å². The van der Waals surface area contributed by atoms with Gasteiger partial charge in [0, 0.05) is 24.0 Å². The predicted octanol–water partition coefficient (Wildman–Crippen LogP) is 0.901. The molecule has 0 saturated carbocycles. The molecule has 0 aliphatic carbocycles. The van der Waals surface area contributed by atoms with E-state index in [-0.39, 0.29) is 17.5 Å². The fourth-order valence-electron chi connectivity index (χ4n) is 2.51. The highest BCUT2D eigenvalue weighted by atomic mass is 16.5. The van der Waals surface area contributed by atoms with Gasteiger partial charge in [0.15, 0.2) is 5.69 Å². The van der Waals surface area contributed by atoms with Gasteiger partial charge in [-0.25, -0.2) is 10.2 Å². The van der Waals surface area contributed by atoms with E-state index in [2.05, 4.69) is 15.6 Å². The van der Waals surface area contributed by atoms with Crippen molar-refractivity contribution in [3.8, 4) is 5.88 Å². The zero-order chi connectivity index (χ0) is 15.9. The molecule has 3 rings (SSSR count). The molecule has 0 spiro atoms. The number of hydrogen-bond donors (Lipinski definition) is 2. The number of ether oxygens (including phenoxy) is 1. The third-order valence-corrected chi connectivity index (χ3v) is 3.55. The highest BCUT2D eigenvalue weighted by Crippen LogP contribution is 2.25. The molecule has 0 bridgehead atoms. The van der Waals surface area contributed by atoms with Crippen LogP contribution in [0, 0.1) is 5.92 Å². The Morgan fingerprint density at radius 2 is 2.27 bits per heavy atom. The molecule has 0 aromatic carbocycles. The Balaban J connectivity index is 2.22. The molecular weight excluding hydrogens is 288 g/mol. The predicted molar refractivity (Wildman–Crippen MR) is 77.2 cm³/mol. The standard InChI is InChI=1S/C14H14N4O4/c1-7-5-11(19)15-16-13(7)8-3-4-12(22-2)18-10(8)6-9(17-18)14(20)21/h3-4,6-7H,5H2,1-2H3,(H,15,19)(H,20,21). The van der Waals surface area contributed by atoms with Crippen LogP contribution < -0.4 is 10.2 Å². The molecular formula is C14H14N4O4. The van der Waals surface area contributed by atoms with Gasteiger partial charge in [-0.3, -0.25) is 4.79 Å². The number of carboxylic acids is 1. The normalized spacial score (nSPS) is 18.0. The number of pyridine rings is 1. The van der Waals surface area contributed by atoms with Crippen molar-refractivity contribution in [3.63, 3.8) is 0 Å². The van der Waals surface area contributed by atoms with E-state index >= 15 is 0 Å². The van der Waals surface area contributed by atoms with Crippen molar-refractivity contribution in [1.29, 1.82) is 0 Å². The summed E-state index contributed by atoms with van der Waals surface area (Å²) >= 11 is 0. The lowest BCUT2D eigenvalue weighted by Gasteiger charge is -2.20. The van der Waals surface area contributed by atoms with Gasteiger partial charge in [0.1, 0.15) is 0 Å². The van der Waals surface area contributed by atoms with Gasteiger partial charge >= 0.3 is 5.97 Å². The Kier molecular flexibility index (Phi) is 3.28. The SMILES string of the molecule is COc1ccc(C2=NNC(=O)CC2C)c2cc(C(=O)O)nn12. The topological polar surface area (TPSA) is 105 Å². The lowest BCUT2D eigenvalue weighted by atomic mass is 9.94. The van der Waals surface area contributed by atoms with Crippen LogP contribution in [0.25, 0.3) is 5.52 Å². The van der Waals surface area contributed by atoms with Crippen LogP contribution in [0.1, 0.15) is 29.4 Å². The third-order valence-electron chi connectivity index (χ3n) is 3.55. The summed E-state index contributed by atoms with van der Waals surface area (Å²) in [4.78, 5) is 22.5. The smallest absolute Gasteiger partial charge is 0.356 e. The number of rotatable bonds is 3. The van der Waals surface area contributed by atoms with Gasteiger partial charge in [0.2, 0.25) is 11.8 Å². The number of carbonyl (C=O) groups is 2. The summed E-state index contributed by atoms with van der Waals surface area (Å²) in [5.41, 5.74) is 4.34. The molecule has 1 aliphatic heterocycles. The number of fused-ring (bicyclic) bond motifs is 1. The first kappa shape index (κ1) is 14.1. The summed E-state index contributed by atoms with van der Waals surface area (Å²) in [6.45, 7) is 1.90. The molecule has 0 saturated heterocycles. The molecule has 1 atom stereocenters. The van der Waals surface area contributed by atoms with E-state index < -0.39 is 5.97 Å². The summed E-state index contributed by atoms with van der Waals surface area (Å²) in [6.07, 6.45) is 0.330. The number of aromatic nitrogens is 2. The Morgan fingerprint density at radius 1 is 1.50 bits per heavy atom. The second-order valence-electron chi connectivity index (χ2n) is 5.06. The maximum absolute atomic E-state index is 11.4. The maximum Gasteiger partial charge on any atom is 0.356 e. The van der Waals surface area contributed by atoms with Gasteiger partial charge in [-0.1, -0.05) is 6.92 Å². The molecule has 2 aromatic heterocycles. The van der Waals surface area contributed by atoms with Gasteiger partial charge < -0.3 is 9.84 Å². The summed E-state index contributed by atoms with van der Waals surface area (Å²) in [6, 6.07) is 4.94. The van der Waals surface area contributed by atoms with Gasteiger partial charge in [-0.05, 0) is 12.1 Å². The number of carboxylic acid groups (broad SMARTS) is 1. The molecule has 2 aromatic rings. The van der Waals surface area contributed by atoms with E-state index in [1.807, 2.05) is 6.92 Å². The fraction of sp³-hybridized carbons (Fsp3) is 0.286. The van der Waals surface area contributed by atoms with Crippen LogP contribution in [0.15, 0.2) is 23.3 Å². The second-order valence-corrected chi connectivity index (χ2v) is 5.06. The minimum absolute atomic E-state index is 0.0749. The van der Waals surface area contributed by atoms with E-state index in [0.29, 0.717) is 29.1 Å². The summed E-state index contributed by atoms with van der Waals surface area (Å²) in [7, 11) is 1.48. The molecule has 2 N–H and O–H groups in total. The monoisotopic (exact) mass is 302 g/mol. The highest BCUT2D eigenvalue weighted by Gasteiger charge is 2.25. The second kappa shape index (κ2) is 5.14. The number of nitrogens with one attached hydrogen (secondary N) is 1. The quantitative estimate of drug-likeness (QED) is 0.876. The van der Waals surface area contributed by atoms with Crippen molar-refractivity contribution in [2.75, 3.05) is 7.11 Å². The number of hydrazone groups is 1. The number of amides is 1. The molecule has 1 amide bonds. The number of carbonyl (C=O) groups excluding carboxylic acids is 1. The van der Waals surface area contributed by atoms with Crippen molar-refractivity contribution in [2.24, 2.45) is 11.0 Å². The van der Waals surface area contributed by atoms with Crippen LogP contribution in [0.3, 0.4) is 0 Å². The first-order valence-corrected chi connectivity index (χ1v) is 6.68. The van der Waals surface area contributed by atoms with Crippen LogP contribution in [0.5, 0.6) is 5.88 Å². The maximum atomic E-state index is 11.4. The molecule has 0 radical (unpaired) electrons. The molecule has 3 heterocycles. The minimum Gasteiger partial charge on any atom is -0.481 e. The molecule has 0 fully saturated rings. The molecule has 8 heteroatoms. The van der Waals surface area contributed by atoms with Crippen molar-refractivity contribution in [3.05, 3.63) is 29.5 Å². The van der Waals surface area contributed by atoms with E-state index in [1.165, 1.54) is 17.7 Å². The van der Waals surface area contributed by atoms with Crippen LogP contribution in [-0.2, 0) is 4.79 Å². The third kappa shape index (κ3) is 2.18. The van der Waals surface area contributed by atoms with Crippen molar-refractivity contribution in [1.82, 2.24) is 15.0 Å². The van der Waals surface area contributed by atoms with Gasteiger partial charge in [0.05, 0.1) is 18.3 Å². The zero-order valence-corrected chi connectivity index (χ0v) is 12.0. The Hall–Kier alpha value is -2.90. The van der Waals surface area contributed by atoms with E-state index in [4.69, 9.17) is 9.84 Å². The number of aromatic carboxylic acids is 1. The van der Waals surface area contributed by atoms with E-state index in [1.54, 1.807) is 12.1 Å². The molecule has 114 valence electrons. The Bertz CT molecular complexity index is 809. The minimum atomic E-state index is -1.12. The average molecular weight is 302 g/mol. The number of hydrogen-bond acceptors (Lipinski definition) is 5. The molecule has 1 aliphatic rings. The van der Waals surface area contributed by atoms with Gasteiger partial charge in [-0.15, -0.1) is 0 Å². The van der Waals surface area contributed by atoms with Gasteiger partial charge in [-0.2, -0.15) is 14.7 Å².